The summed E-state index contributed by atoms with van der Waals surface area (Å²) < 4.78 is 40.8. The van der Waals surface area contributed by atoms with Gasteiger partial charge in [0.1, 0.15) is 23.2 Å². The van der Waals surface area contributed by atoms with Gasteiger partial charge in [-0.1, -0.05) is 12.1 Å². The van der Waals surface area contributed by atoms with E-state index in [4.69, 9.17) is 5.73 Å². The highest BCUT2D eigenvalue weighted by Gasteiger charge is 2.31. The lowest BCUT2D eigenvalue weighted by atomic mass is 9.98. The Bertz CT molecular complexity index is 1110. The monoisotopic (exact) mass is 400 g/mol. The first kappa shape index (κ1) is 19.6. The number of nitrogens with zero attached hydrogens (tertiary/aromatic N) is 3. The Morgan fingerprint density at radius 1 is 1.07 bits per heavy atom. The van der Waals surface area contributed by atoms with E-state index in [0.717, 1.165) is 12.1 Å². The van der Waals surface area contributed by atoms with Crippen LogP contribution in [0.2, 0.25) is 0 Å². The molecule has 0 aliphatic rings. The van der Waals surface area contributed by atoms with Crippen LogP contribution in [0.1, 0.15) is 5.56 Å². The molecule has 1 aromatic heterocycles. The van der Waals surface area contributed by atoms with Gasteiger partial charge in [-0.25, -0.2) is 4.98 Å². The van der Waals surface area contributed by atoms with Gasteiger partial charge in [-0.05, 0) is 35.9 Å². The molecule has 2 aromatic carbocycles. The predicted molar refractivity (Wildman–Crippen MR) is 97.6 cm³/mol. The molecule has 0 atom stereocenters. The number of nitrogens with two attached hydrogens (primary N) is 1. The third-order valence-electron chi connectivity index (χ3n) is 3.93. The van der Waals surface area contributed by atoms with E-state index in [1.807, 2.05) is 6.07 Å². The van der Waals surface area contributed by atoms with Gasteiger partial charge in [0, 0.05) is 23.3 Å². The van der Waals surface area contributed by atoms with Gasteiger partial charge in [0.25, 0.3) is 5.69 Å². The molecule has 0 fully saturated rings. The topological polar surface area (TPSA) is 115 Å². The third-order valence-corrected chi connectivity index (χ3v) is 3.93. The molecule has 0 saturated heterocycles. The van der Waals surface area contributed by atoms with Crippen molar-refractivity contribution >= 4 is 11.5 Å². The maximum atomic E-state index is 12.3. The highest BCUT2D eigenvalue weighted by atomic mass is 19.4. The minimum atomic E-state index is -4.82. The van der Waals surface area contributed by atoms with Crippen molar-refractivity contribution in [2.24, 2.45) is 0 Å². The molecule has 0 radical (unpaired) electrons. The number of nitrogen functional groups attached to an aromatic ring is 1. The summed E-state index contributed by atoms with van der Waals surface area (Å²) in [5.74, 6) is -0.480. The van der Waals surface area contributed by atoms with Gasteiger partial charge < -0.3 is 10.5 Å². The Hall–Kier alpha value is -4.13. The van der Waals surface area contributed by atoms with Gasteiger partial charge in [0.05, 0.1) is 10.6 Å². The number of pyridine rings is 1. The number of aromatic nitrogens is 1. The minimum absolute atomic E-state index is 0.0557. The molecule has 0 aliphatic carbocycles. The maximum absolute atomic E-state index is 12.3. The summed E-state index contributed by atoms with van der Waals surface area (Å²) in [5, 5.41) is 20.2. The van der Waals surface area contributed by atoms with Crippen molar-refractivity contribution in [3.05, 3.63) is 70.3 Å². The number of anilines is 1. The molecule has 0 amide bonds. The molecule has 29 heavy (non-hydrogen) atoms. The van der Waals surface area contributed by atoms with Gasteiger partial charge in [0.2, 0.25) is 0 Å². The fraction of sp³-hybridized carbons (Fsp3) is 0.0526. The van der Waals surface area contributed by atoms with Crippen molar-refractivity contribution < 1.29 is 22.8 Å². The molecule has 0 spiro atoms. The summed E-state index contributed by atoms with van der Waals surface area (Å²) in [7, 11) is 0. The number of rotatable bonds is 4. The molecule has 146 valence electrons. The molecule has 0 unspecified atom stereocenters. The molecule has 3 rings (SSSR count). The van der Waals surface area contributed by atoms with Crippen LogP contribution in [0, 0.1) is 21.4 Å². The van der Waals surface area contributed by atoms with Gasteiger partial charge >= 0.3 is 6.36 Å². The molecule has 0 aliphatic heterocycles. The fourth-order valence-electron chi connectivity index (χ4n) is 2.65. The van der Waals surface area contributed by atoms with Crippen LogP contribution < -0.4 is 10.5 Å². The Balaban J connectivity index is 2.04. The summed E-state index contributed by atoms with van der Waals surface area (Å²) in [5.41, 5.74) is 7.48. The van der Waals surface area contributed by atoms with Crippen LogP contribution in [-0.2, 0) is 0 Å². The van der Waals surface area contributed by atoms with E-state index >= 15 is 0 Å². The van der Waals surface area contributed by atoms with Gasteiger partial charge in [0.15, 0.2) is 0 Å². The molecule has 2 N–H and O–H groups in total. The highest BCUT2D eigenvalue weighted by molar-refractivity contribution is 5.80. The molecule has 0 saturated carbocycles. The van der Waals surface area contributed by atoms with Crippen LogP contribution in [-0.4, -0.2) is 16.3 Å². The summed E-state index contributed by atoms with van der Waals surface area (Å²) in [6.45, 7) is 0. The van der Waals surface area contributed by atoms with Crippen molar-refractivity contribution in [3.8, 4) is 34.2 Å². The second-order valence-electron chi connectivity index (χ2n) is 5.80. The molecule has 0 bridgehead atoms. The first-order valence-corrected chi connectivity index (χ1v) is 7.99. The van der Waals surface area contributed by atoms with E-state index in [-0.39, 0.29) is 17.1 Å². The SMILES string of the molecule is N#Cc1c(-c2ccc(OC(F)(F)F)cc2)cc(-c2ccc([N+](=O)[O-])cc2)nc1N. The average Bonchev–Trinajstić information content (AvgIpc) is 2.67. The summed E-state index contributed by atoms with van der Waals surface area (Å²) in [6, 6.07) is 14.0. The van der Waals surface area contributed by atoms with Gasteiger partial charge in [-0.15, -0.1) is 13.2 Å². The van der Waals surface area contributed by atoms with Crippen LogP contribution in [0.25, 0.3) is 22.4 Å². The number of benzene rings is 2. The normalized spacial score (nSPS) is 11.0. The number of halogens is 3. The van der Waals surface area contributed by atoms with E-state index in [2.05, 4.69) is 9.72 Å². The average molecular weight is 400 g/mol. The fourth-order valence-corrected chi connectivity index (χ4v) is 2.65. The minimum Gasteiger partial charge on any atom is -0.406 e. The van der Waals surface area contributed by atoms with Crippen molar-refractivity contribution in [2.75, 3.05) is 5.73 Å². The molecule has 10 heteroatoms. The lowest BCUT2D eigenvalue weighted by Gasteiger charge is -2.12. The second kappa shape index (κ2) is 7.47. The first-order valence-electron chi connectivity index (χ1n) is 7.99. The van der Waals surface area contributed by atoms with E-state index in [9.17, 15) is 28.5 Å². The van der Waals surface area contributed by atoms with Crippen molar-refractivity contribution in [1.82, 2.24) is 4.98 Å². The standard InChI is InChI=1S/C19H11F3N4O3/c20-19(21,22)29-14-7-3-11(4-8-14)15-9-17(25-18(24)16(15)10-23)12-1-5-13(6-2-12)26(27)28/h1-9H,(H2,24,25). The summed E-state index contributed by atoms with van der Waals surface area (Å²) >= 11 is 0. The predicted octanol–water partition coefficient (Wildman–Crippen LogP) is 4.68. The van der Waals surface area contributed by atoms with E-state index in [1.54, 1.807) is 0 Å². The smallest absolute Gasteiger partial charge is 0.406 e. The van der Waals surface area contributed by atoms with Gasteiger partial charge in [-0.2, -0.15) is 5.26 Å². The van der Waals surface area contributed by atoms with Crippen molar-refractivity contribution in [2.45, 2.75) is 6.36 Å². The number of non-ortho nitro benzene ring substituents is 1. The molecule has 3 aromatic rings. The van der Waals surface area contributed by atoms with Crippen molar-refractivity contribution in [1.29, 1.82) is 5.26 Å². The van der Waals surface area contributed by atoms with Crippen LogP contribution in [0.5, 0.6) is 5.75 Å². The van der Waals surface area contributed by atoms with Gasteiger partial charge in [-0.3, -0.25) is 10.1 Å². The van der Waals surface area contributed by atoms with Crippen LogP contribution in [0.15, 0.2) is 54.6 Å². The number of hydrogen-bond acceptors (Lipinski definition) is 6. The zero-order valence-electron chi connectivity index (χ0n) is 14.5. The number of alkyl halides is 3. The molecular weight excluding hydrogens is 389 g/mol. The third kappa shape index (κ3) is 4.41. The quantitative estimate of drug-likeness (QED) is 0.502. The zero-order chi connectivity index (χ0) is 21.2. The Kier molecular flexibility index (Phi) is 5.06. The Labute approximate surface area is 161 Å². The summed E-state index contributed by atoms with van der Waals surface area (Å²) in [4.78, 5) is 14.4. The molecule has 1 heterocycles. The number of nitriles is 1. The van der Waals surface area contributed by atoms with Crippen LogP contribution in [0.4, 0.5) is 24.7 Å². The van der Waals surface area contributed by atoms with Crippen LogP contribution in [0.3, 0.4) is 0 Å². The van der Waals surface area contributed by atoms with E-state index in [1.165, 1.54) is 42.5 Å². The Morgan fingerprint density at radius 3 is 2.17 bits per heavy atom. The molecular formula is C19H11F3N4O3. The maximum Gasteiger partial charge on any atom is 0.573 e. The highest BCUT2D eigenvalue weighted by Crippen LogP contribution is 2.33. The van der Waals surface area contributed by atoms with E-state index < -0.39 is 17.0 Å². The molecule has 7 nitrogen and oxygen atoms in total. The number of ether oxygens (including phenoxy) is 1. The largest absolute Gasteiger partial charge is 0.573 e. The number of hydrogen-bond donors (Lipinski definition) is 1. The van der Waals surface area contributed by atoms with Crippen molar-refractivity contribution in [3.63, 3.8) is 0 Å². The number of nitro groups is 1. The second-order valence-corrected chi connectivity index (χ2v) is 5.80. The van der Waals surface area contributed by atoms with Crippen LogP contribution >= 0.6 is 0 Å². The Morgan fingerprint density at radius 2 is 1.66 bits per heavy atom. The summed E-state index contributed by atoms with van der Waals surface area (Å²) in [6.07, 6.45) is -4.82. The lowest BCUT2D eigenvalue weighted by Crippen LogP contribution is -2.16. The van der Waals surface area contributed by atoms with E-state index in [0.29, 0.717) is 22.4 Å². The lowest BCUT2D eigenvalue weighted by molar-refractivity contribution is -0.384. The number of nitro benzene ring substituents is 1. The first-order chi connectivity index (χ1) is 13.7. The zero-order valence-corrected chi connectivity index (χ0v) is 14.5.